The molecule has 2 nitrogen and oxygen atoms in total. The fourth-order valence-corrected chi connectivity index (χ4v) is 1.59. The molecule has 0 atom stereocenters. The van der Waals surface area contributed by atoms with Crippen LogP contribution in [0.1, 0.15) is 17.0 Å². The van der Waals surface area contributed by atoms with E-state index < -0.39 is 0 Å². The Bertz CT molecular complexity index is 472. The molecular weight excluding hydrogens is 184 g/mol. The normalized spacial score (nSPS) is 10.3. The maximum Gasteiger partial charge on any atom is 0.0914 e. The van der Waals surface area contributed by atoms with Gasteiger partial charge in [0.1, 0.15) is 0 Å². The number of aromatic nitrogens is 2. The van der Waals surface area contributed by atoms with Gasteiger partial charge in [0.15, 0.2) is 0 Å². The Labute approximate surface area is 90.0 Å². The third-order valence-electron chi connectivity index (χ3n) is 2.39. The maximum atomic E-state index is 4.42. The minimum atomic E-state index is 0.961. The molecule has 1 aromatic heterocycles. The molecule has 0 aliphatic heterocycles. The van der Waals surface area contributed by atoms with Gasteiger partial charge in [0, 0.05) is 11.8 Å². The highest BCUT2D eigenvalue weighted by atomic mass is 14.8. The third-order valence-corrected chi connectivity index (χ3v) is 2.39. The first-order valence-corrected chi connectivity index (χ1v) is 5.04. The quantitative estimate of drug-likeness (QED) is 0.703. The molecule has 0 spiro atoms. The molecule has 0 saturated heterocycles. The van der Waals surface area contributed by atoms with Gasteiger partial charge in [-0.25, -0.2) is 0 Å². The molecule has 0 bridgehead atoms. The summed E-state index contributed by atoms with van der Waals surface area (Å²) in [7, 11) is 0. The zero-order valence-corrected chi connectivity index (χ0v) is 9.28. The van der Waals surface area contributed by atoms with Crippen molar-refractivity contribution < 1.29 is 0 Å². The van der Waals surface area contributed by atoms with Gasteiger partial charge in [0.05, 0.1) is 17.1 Å². The van der Waals surface area contributed by atoms with Gasteiger partial charge < -0.3 is 0 Å². The predicted molar refractivity (Wildman–Crippen MR) is 61.7 cm³/mol. The summed E-state index contributed by atoms with van der Waals surface area (Å²) in [6.45, 7) is 6.03. The van der Waals surface area contributed by atoms with Gasteiger partial charge in [-0.2, -0.15) is 0 Å². The summed E-state index contributed by atoms with van der Waals surface area (Å²) in [6.07, 6.45) is 1.81. The van der Waals surface area contributed by atoms with E-state index >= 15 is 0 Å². The molecule has 15 heavy (non-hydrogen) atoms. The second-order valence-corrected chi connectivity index (χ2v) is 3.81. The van der Waals surface area contributed by atoms with Crippen LogP contribution in [0.4, 0.5) is 0 Å². The van der Waals surface area contributed by atoms with Crippen LogP contribution in [0.3, 0.4) is 0 Å². The Morgan fingerprint density at radius 2 is 1.60 bits per heavy atom. The van der Waals surface area contributed by atoms with Crippen molar-refractivity contribution in [3.05, 3.63) is 47.4 Å². The topological polar surface area (TPSA) is 25.8 Å². The lowest BCUT2D eigenvalue weighted by Crippen LogP contribution is -1.94. The fraction of sp³-hybridized carbons (Fsp3) is 0.231. The van der Waals surface area contributed by atoms with E-state index in [2.05, 4.69) is 41.2 Å². The SMILES string of the molecule is Cc1ccc(-c2ncc(C)nc2C)cc1. The molecule has 0 unspecified atom stereocenters. The summed E-state index contributed by atoms with van der Waals surface area (Å²) < 4.78 is 0. The highest BCUT2D eigenvalue weighted by Crippen LogP contribution is 2.19. The molecule has 0 saturated carbocycles. The number of hydrogen-bond donors (Lipinski definition) is 0. The van der Waals surface area contributed by atoms with Crippen molar-refractivity contribution in [3.8, 4) is 11.3 Å². The van der Waals surface area contributed by atoms with Crippen molar-refractivity contribution in [2.75, 3.05) is 0 Å². The van der Waals surface area contributed by atoms with Gasteiger partial charge in [-0.05, 0) is 20.8 Å². The fourth-order valence-electron chi connectivity index (χ4n) is 1.59. The first kappa shape index (κ1) is 9.84. The van der Waals surface area contributed by atoms with Crippen molar-refractivity contribution in [1.82, 2.24) is 9.97 Å². The first-order valence-electron chi connectivity index (χ1n) is 5.04. The lowest BCUT2D eigenvalue weighted by Gasteiger charge is -2.05. The smallest absolute Gasteiger partial charge is 0.0914 e. The molecule has 0 amide bonds. The second kappa shape index (κ2) is 3.81. The minimum Gasteiger partial charge on any atom is -0.255 e. The summed E-state index contributed by atoms with van der Waals surface area (Å²) in [5.74, 6) is 0. The lowest BCUT2D eigenvalue weighted by atomic mass is 10.1. The molecular formula is C13H14N2. The van der Waals surface area contributed by atoms with Crippen molar-refractivity contribution >= 4 is 0 Å². The highest BCUT2D eigenvalue weighted by Gasteiger charge is 2.03. The number of benzene rings is 1. The summed E-state index contributed by atoms with van der Waals surface area (Å²) >= 11 is 0. The van der Waals surface area contributed by atoms with Gasteiger partial charge in [-0.3, -0.25) is 9.97 Å². The highest BCUT2D eigenvalue weighted by molar-refractivity contribution is 5.61. The van der Waals surface area contributed by atoms with E-state index in [9.17, 15) is 0 Å². The van der Waals surface area contributed by atoms with Crippen LogP contribution in [-0.4, -0.2) is 9.97 Å². The van der Waals surface area contributed by atoms with Crippen LogP contribution in [0.15, 0.2) is 30.5 Å². The standard InChI is InChI=1S/C13H14N2/c1-9-4-6-12(7-5-9)13-11(3)15-10(2)8-14-13/h4-8H,1-3H3. The molecule has 2 aromatic rings. The van der Waals surface area contributed by atoms with Gasteiger partial charge in [0.2, 0.25) is 0 Å². The lowest BCUT2D eigenvalue weighted by molar-refractivity contribution is 1.06. The number of aryl methyl sites for hydroxylation is 3. The monoisotopic (exact) mass is 198 g/mol. The average Bonchev–Trinajstić information content (AvgIpc) is 2.20. The summed E-state index contributed by atoms with van der Waals surface area (Å²) in [6, 6.07) is 8.36. The average molecular weight is 198 g/mol. The van der Waals surface area contributed by atoms with E-state index in [-0.39, 0.29) is 0 Å². The molecule has 0 aliphatic carbocycles. The molecule has 2 heteroatoms. The van der Waals surface area contributed by atoms with E-state index in [1.54, 1.807) is 0 Å². The molecule has 1 aromatic carbocycles. The van der Waals surface area contributed by atoms with Crippen LogP contribution >= 0.6 is 0 Å². The summed E-state index contributed by atoms with van der Waals surface area (Å²) in [5, 5.41) is 0. The number of hydrogen-bond acceptors (Lipinski definition) is 2. The number of nitrogens with zero attached hydrogens (tertiary/aromatic N) is 2. The third kappa shape index (κ3) is 2.04. The van der Waals surface area contributed by atoms with Crippen LogP contribution in [0, 0.1) is 20.8 Å². The first-order chi connectivity index (χ1) is 7.16. The molecule has 0 radical (unpaired) electrons. The molecule has 1 heterocycles. The van der Waals surface area contributed by atoms with Crippen LogP contribution < -0.4 is 0 Å². The zero-order chi connectivity index (χ0) is 10.8. The molecule has 0 aliphatic rings. The zero-order valence-electron chi connectivity index (χ0n) is 9.28. The summed E-state index contributed by atoms with van der Waals surface area (Å²) in [4.78, 5) is 8.83. The molecule has 0 fully saturated rings. The van der Waals surface area contributed by atoms with Crippen LogP contribution in [0.5, 0.6) is 0 Å². The Hall–Kier alpha value is -1.70. The van der Waals surface area contributed by atoms with Gasteiger partial charge in [-0.1, -0.05) is 29.8 Å². The maximum absolute atomic E-state index is 4.42. The van der Waals surface area contributed by atoms with Crippen molar-refractivity contribution in [2.45, 2.75) is 20.8 Å². The predicted octanol–water partition coefficient (Wildman–Crippen LogP) is 3.07. The van der Waals surface area contributed by atoms with Crippen LogP contribution in [0.2, 0.25) is 0 Å². The second-order valence-electron chi connectivity index (χ2n) is 3.81. The Kier molecular flexibility index (Phi) is 2.50. The summed E-state index contributed by atoms with van der Waals surface area (Å²) in [5.41, 5.74) is 5.31. The minimum absolute atomic E-state index is 0.961. The van der Waals surface area contributed by atoms with E-state index in [0.29, 0.717) is 0 Å². The molecule has 0 N–H and O–H groups in total. The van der Waals surface area contributed by atoms with Gasteiger partial charge in [-0.15, -0.1) is 0 Å². The number of rotatable bonds is 1. The van der Waals surface area contributed by atoms with Crippen LogP contribution in [0.25, 0.3) is 11.3 Å². The Balaban J connectivity index is 2.49. The van der Waals surface area contributed by atoms with Crippen molar-refractivity contribution in [3.63, 3.8) is 0 Å². The van der Waals surface area contributed by atoms with Gasteiger partial charge >= 0.3 is 0 Å². The van der Waals surface area contributed by atoms with Gasteiger partial charge in [0.25, 0.3) is 0 Å². The van der Waals surface area contributed by atoms with E-state index in [4.69, 9.17) is 0 Å². The Morgan fingerprint density at radius 1 is 0.933 bits per heavy atom. The van der Waals surface area contributed by atoms with E-state index in [1.807, 2.05) is 20.0 Å². The largest absolute Gasteiger partial charge is 0.255 e. The molecule has 76 valence electrons. The van der Waals surface area contributed by atoms with E-state index in [1.165, 1.54) is 5.56 Å². The van der Waals surface area contributed by atoms with E-state index in [0.717, 1.165) is 22.6 Å². The van der Waals surface area contributed by atoms with Crippen molar-refractivity contribution in [2.24, 2.45) is 0 Å². The Morgan fingerprint density at radius 3 is 2.20 bits per heavy atom. The molecule has 2 rings (SSSR count). The van der Waals surface area contributed by atoms with Crippen LogP contribution in [-0.2, 0) is 0 Å². The van der Waals surface area contributed by atoms with Crippen molar-refractivity contribution in [1.29, 1.82) is 0 Å².